The lowest BCUT2D eigenvalue weighted by molar-refractivity contribution is 0.0300. The highest BCUT2D eigenvalue weighted by Crippen LogP contribution is 2.55. The molecule has 12 rings (SSSR count). The molecule has 1 aliphatic carbocycles. The van der Waals surface area contributed by atoms with Crippen molar-refractivity contribution in [3.05, 3.63) is 158 Å². The molecule has 4 amide bonds. The Balaban J connectivity index is 0.642. The van der Waals surface area contributed by atoms with Crippen LogP contribution in [-0.4, -0.2) is 151 Å². The van der Waals surface area contributed by atoms with Crippen LogP contribution in [0.25, 0.3) is 0 Å². The van der Waals surface area contributed by atoms with Crippen LogP contribution < -0.4 is 19.7 Å². The van der Waals surface area contributed by atoms with E-state index in [1.54, 1.807) is 18.2 Å². The summed E-state index contributed by atoms with van der Waals surface area (Å²) in [4.78, 5) is 67.5. The summed E-state index contributed by atoms with van der Waals surface area (Å²) in [6.45, 7) is 22.1. The Bertz CT molecular complexity index is 3550. The van der Waals surface area contributed by atoms with E-state index in [0.29, 0.717) is 95.1 Å². The van der Waals surface area contributed by atoms with Gasteiger partial charge in [0.25, 0.3) is 11.8 Å². The summed E-state index contributed by atoms with van der Waals surface area (Å²) >= 11 is 16.4. The standard InChI is InChI=1S/C68H79Cl2N9O6S2/c1-44-38-57(83-7)55(63(81)77-34-36-84-37-35-77)41-59(44)86-60-42-71-64(87-60)72-62(80)45-14-22-53(23-15-45)76-28-26-74(27-29-76)51-10-8-12-52(13-9-11-51)75-30-32-78(33-31-75)65(82)79-61-54-24-18-48(66(2,3)4)40-58(54)85-43-46-39-49(19-25-56(46)70)67(5,73-61)68(79,6)47-16-20-50(69)21-17-47/h14-25,38-42,51-52H,8-13,26-37,43H2,1-7H3,(H,71,72,80)/t51?,52?,67-,68+/m0/s1. The van der Waals surface area contributed by atoms with Gasteiger partial charge >= 0.3 is 6.03 Å². The van der Waals surface area contributed by atoms with Gasteiger partial charge in [-0.3, -0.25) is 34.6 Å². The second kappa shape index (κ2) is 25.4. The minimum Gasteiger partial charge on any atom is -0.496 e. The number of methoxy groups -OCH3 is 1. The maximum atomic E-state index is 15.8. The molecule has 0 radical (unpaired) electrons. The summed E-state index contributed by atoms with van der Waals surface area (Å²) in [5, 5.41) is 4.76. The number of aliphatic imine (C=N–C) groups is 1. The van der Waals surface area contributed by atoms with Gasteiger partial charge < -0.3 is 28.9 Å². The Labute approximate surface area is 530 Å². The van der Waals surface area contributed by atoms with Crippen molar-refractivity contribution in [1.29, 1.82) is 0 Å². The fourth-order valence-corrected chi connectivity index (χ4v) is 15.9. The minimum absolute atomic E-state index is 0.0656. The molecule has 3 saturated heterocycles. The second-order valence-electron chi connectivity index (χ2n) is 25.3. The molecule has 6 aliphatic rings. The van der Waals surface area contributed by atoms with Crippen molar-refractivity contribution in [2.24, 2.45) is 4.99 Å². The molecule has 1 N–H and O–H groups in total. The van der Waals surface area contributed by atoms with E-state index >= 15 is 4.79 Å². The van der Waals surface area contributed by atoms with E-state index in [0.717, 1.165) is 100 Å². The zero-order valence-electron chi connectivity index (χ0n) is 51.0. The predicted molar refractivity (Wildman–Crippen MR) is 348 cm³/mol. The highest BCUT2D eigenvalue weighted by molar-refractivity contribution is 8.01. The number of morpholine rings is 1. The van der Waals surface area contributed by atoms with Crippen molar-refractivity contribution >= 4 is 80.8 Å². The molecule has 458 valence electrons. The molecule has 1 saturated carbocycles. The molecule has 0 spiro atoms. The third-order valence-corrected chi connectivity index (χ3v) is 21.9. The van der Waals surface area contributed by atoms with Crippen molar-refractivity contribution in [3.8, 4) is 11.5 Å². The molecule has 1 aromatic heterocycles. The van der Waals surface area contributed by atoms with E-state index in [1.165, 1.54) is 48.8 Å². The van der Waals surface area contributed by atoms with Crippen molar-refractivity contribution in [2.75, 3.05) is 96.0 Å². The van der Waals surface area contributed by atoms with Crippen LogP contribution in [0.4, 0.5) is 15.6 Å². The Hall–Kier alpha value is -6.18. The summed E-state index contributed by atoms with van der Waals surface area (Å²) in [5.41, 5.74) is 5.83. The summed E-state index contributed by atoms with van der Waals surface area (Å²) in [6.07, 6.45) is 8.80. The molecule has 4 fully saturated rings. The number of thiazole rings is 1. The van der Waals surface area contributed by atoms with Gasteiger partial charge in [0, 0.05) is 109 Å². The van der Waals surface area contributed by atoms with Gasteiger partial charge in [-0.1, -0.05) is 104 Å². The van der Waals surface area contributed by atoms with Crippen LogP contribution >= 0.6 is 46.3 Å². The van der Waals surface area contributed by atoms with Crippen LogP contribution in [-0.2, 0) is 27.8 Å². The molecular formula is C68H79Cl2N9O6S2. The molecule has 6 heterocycles. The molecule has 5 aromatic carbocycles. The second-order valence-corrected chi connectivity index (χ2v) is 28.5. The smallest absolute Gasteiger partial charge is 0.326 e. The number of amidine groups is 1. The quantitative estimate of drug-likeness (QED) is 0.140. The number of aryl methyl sites for hydroxylation is 1. The number of ether oxygens (including phenoxy) is 3. The van der Waals surface area contributed by atoms with Crippen molar-refractivity contribution < 1.29 is 28.6 Å². The number of hydrogen-bond donors (Lipinski definition) is 1. The fourth-order valence-electron chi connectivity index (χ4n) is 13.7. The summed E-state index contributed by atoms with van der Waals surface area (Å²) in [5.74, 6) is 1.54. The summed E-state index contributed by atoms with van der Waals surface area (Å²) < 4.78 is 18.7. The third-order valence-electron chi connectivity index (χ3n) is 19.1. The van der Waals surface area contributed by atoms with Gasteiger partial charge in [-0.15, -0.1) is 0 Å². The number of nitrogens with zero attached hydrogens (tertiary/aromatic N) is 8. The van der Waals surface area contributed by atoms with Gasteiger partial charge in [-0.25, -0.2) is 9.78 Å². The zero-order chi connectivity index (χ0) is 60.8. The number of halogens is 2. The van der Waals surface area contributed by atoms with Gasteiger partial charge in [0.05, 0.1) is 41.9 Å². The van der Waals surface area contributed by atoms with E-state index in [-0.39, 0.29) is 29.9 Å². The van der Waals surface area contributed by atoms with E-state index in [4.69, 9.17) is 42.4 Å². The first kappa shape index (κ1) is 61.1. The molecule has 4 bridgehead atoms. The number of urea groups is 1. The maximum absolute atomic E-state index is 15.8. The van der Waals surface area contributed by atoms with E-state index in [2.05, 4.69) is 96.0 Å². The lowest BCUT2D eigenvalue weighted by Gasteiger charge is -2.48. The fraction of sp³-hybridized carbons (Fsp3) is 0.456. The largest absolute Gasteiger partial charge is 0.496 e. The van der Waals surface area contributed by atoms with Crippen molar-refractivity contribution in [3.63, 3.8) is 0 Å². The van der Waals surface area contributed by atoms with Crippen LogP contribution in [0.15, 0.2) is 117 Å². The number of nitrogens with one attached hydrogen (secondary N) is 1. The van der Waals surface area contributed by atoms with Gasteiger partial charge in [0.2, 0.25) is 0 Å². The van der Waals surface area contributed by atoms with Crippen LogP contribution in [0.2, 0.25) is 10.0 Å². The minimum atomic E-state index is -0.970. The van der Waals surface area contributed by atoms with Gasteiger partial charge in [0.1, 0.15) is 35.0 Å². The number of aromatic nitrogens is 1. The molecule has 19 heteroatoms. The normalized spacial score (nSPS) is 23.0. The van der Waals surface area contributed by atoms with Gasteiger partial charge in [-0.2, -0.15) is 0 Å². The molecule has 5 aliphatic heterocycles. The third kappa shape index (κ3) is 12.4. The number of piperazine rings is 2. The predicted octanol–water partition coefficient (Wildman–Crippen LogP) is 13.4. The van der Waals surface area contributed by atoms with E-state index < -0.39 is 11.1 Å². The molecule has 2 atom stereocenters. The van der Waals surface area contributed by atoms with E-state index in [9.17, 15) is 9.59 Å². The van der Waals surface area contributed by atoms with Crippen LogP contribution in [0, 0.1) is 6.92 Å². The first-order valence-electron chi connectivity index (χ1n) is 30.7. The highest BCUT2D eigenvalue weighted by atomic mass is 35.5. The number of hydrogen-bond acceptors (Lipinski definition) is 13. The molecule has 0 unspecified atom stereocenters. The SMILES string of the molecule is COc1cc(C)c(Sc2cnc(NC(=O)c3ccc(N4CCN(C5CCCC(N6CCN(C(=O)N7C8=N[C@@](C)(c9ccc(Cl)c(c9)COc9cc(C(C)(C)C)ccc98)[C@@]7(C)c7ccc(Cl)cc7)CC6)CCC5)CC4)cc3)s2)cc1C(=O)N1CCOCC1. The monoisotopic (exact) mass is 1250 g/mol. The molecule has 6 aromatic rings. The number of rotatable bonds is 10. The first-order chi connectivity index (χ1) is 41.9. The topological polar surface area (TPSA) is 136 Å². The van der Waals surface area contributed by atoms with Crippen LogP contribution in [0.5, 0.6) is 11.5 Å². The molecule has 15 nitrogen and oxygen atoms in total. The number of carbonyl (C=O) groups is 3. The lowest BCUT2D eigenvalue weighted by atomic mass is 9.70. The van der Waals surface area contributed by atoms with Crippen molar-refractivity contribution in [1.82, 2.24) is 29.5 Å². The van der Waals surface area contributed by atoms with Crippen LogP contribution in [0.3, 0.4) is 0 Å². The van der Waals surface area contributed by atoms with Crippen LogP contribution in [0.1, 0.15) is 127 Å². The summed E-state index contributed by atoms with van der Waals surface area (Å²) in [7, 11) is 1.58. The first-order valence-corrected chi connectivity index (χ1v) is 33.1. The Morgan fingerprint density at radius 1 is 0.759 bits per heavy atom. The zero-order valence-corrected chi connectivity index (χ0v) is 54.1. The summed E-state index contributed by atoms with van der Waals surface area (Å²) in [6, 6.07) is 33.0. The average Bonchev–Trinajstić information content (AvgIpc) is 1.59. The number of anilines is 2. The highest BCUT2D eigenvalue weighted by Gasteiger charge is 2.60. The Morgan fingerprint density at radius 3 is 2.07 bits per heavy atom. The van der Waals surface area contributed by atoms with Gasteiger partial charge in [0.15, 0.2) is 5.13 Å². The Morgan fingerprint density at radius 2 is 1.41 bits per heavy atom. The lowest BCUT2D eigenvalue weighted by Crippen LogP contribution is -2.61. The number of amides is 4. The maximum Gasteiger partial charge on any atom is 0.326 e. The average molecular weight is 1250 g/mol. The molecular weight excluding hydrogens is 1170 g/mol. The number of carbonyl (C=O) groups excluding carboxylic acids is 3. The van der Waals surface area contributed by atoms with Crippen molar-refractivity contribution in [2.45, 2.75) is 124 Å². The van der Waals surface area contributed by atoms with Gasteiger partial charge in [-0.05, 0) is 147 Å². The number of fused-ring (bicyclic) bond motifs is 6. The van der Waals surface area contributed by atoms with E-state index in [1.807, 2.05) is 77.4 Å². The molecule has 87 heavy (non-hydrogen) atoms. The Kier molecular flexibility index (Phi) is 17.8. The number of benzene rings is 5.